The van der Waals surface area contributed by atoms with Crippen LogP contribution < -0.4 is 5.32 Å². The fourth-order valence-electron chi connectivity index (χ4n) is 1.39. The molecule has 1 heterocycles. The van der Waals surface area contributed by atoms with E-state index in [0.29, 0.717) is 17.2 Å². The summed E-state index contributed by atoms with van der Waals surface area (Å²) in [7, 11) is 0. The molecule has 4 nitrogen and oxygen atoms in total. The summed E-state index contributed by atoms with van der Waals surface area (Å²) in [4.78, 5) is 15.9. The van der Waals surface area contributed by atoms with Crippen LogP contribution in [0.15, 0.2) is 23.0 Å². The number of amides is 1. The van der Waals surface area contributed by atoms with E-state index in [2.05, 4.69) is 10.3 Å². The number of thiazole rings is 1. The average Bonchev–Trinajstić information content (AvgIpc) is 2.89. The highest BCUT2D eigenvalue weighted by Crippen LogP contribution is 2.34. The summed E-state index contributed by atoms with van der Waals surface area (Å²) in [6.07, 6.45) is 0. The molecule has 8 heteroatoms. The van der Waals surface area contributed by atoms with E-state index in [1.54, 1.807) is 5.51 Å². The van der Waals surface area contributed by atoms with E-state index in [9.17, 15) is 9.90 Å². The number of nitrogens with zero attached hydrogens (tertiary/aromatic N) is 1. The molecular weight excluding hydrogens is 339 g/mol. The molecule has 1 amide bonds. The monoisotopic (exact) mass is 348 g/mol. The van der Waals surface area contributed by atoms with Gasteiger partial charge in [-0.15, -0.1) is 23.1 Å². The second-order valence-electron chi connectivity index (χ2n) is 3.81. The molecule has 106 valence electrons. The molecule has 0 fully saturated rings. The summed E-state index contributed by atoms with van der Waals surface area (Å²) in [6, 6.07) is 2.90. The Kier molecular flexibility index (Phi) is 5.54. The normalized spacial score (nSPS) is 10.5. The van der Waals surface area contributed by atoms with Crippen molar-refractivity contribution in [1.29, 1.82) is 0 Å². The Balaban J connectivity index is 1.85. The molecule has 0 atom stereocenters. The maximum atomic E-state index is 11.8. The molecule has 0 unspecified atom stereocenters. The number of rotatable bonds is 5. The Hall–Kier alpha value is -0.950. The van der Waals surface area contributed by atoms with E-state index in [1.165, 1.54) is 35.2 Å². The Bertz CT molecular complexity index is 583. The van der Waals surface area contributed by atoms with Crippen molar-refractivity contribution in [1.82, 2.24) is 4.98 Å². The van der Waals surface area contributed by atoms with Crippen LogP contribution in [0.1, 0.15) is 5.69 Å². The van der Waals surface area contributed by atoms with Crippen LogP contribution in [0, 0.1) is 0 Å². The number of anilines is 1. The predicted molar refractivity (Wildman–Crippen MR) is 85.0 cm³/mol. The third-order valence-corrected chi connectivity index (χ3v) is 4.44. The second-order valence-corrected chi connectivity index (χ2v) is 6.33. The van der Waals surface area contributed by atoms with Crippen LogP contribution in [-0.2, 0) is 10.5 Å². The zero-order valence-electron chi connectivity index (χ0n) is 10.1. The van der Waals surface area contributed by atoms with Gasteiger partial charge in [-0.3, -0.25) is 4.79 Å². The highest BCUT2D eigenvalue weighted by atomic mass is 35.5. The molecule has 0 bridgehead atoms. The predicted octanol–water partition coefficient (Wildman–Crippen LogP) is 4.03. The van der Waals surface area contributed by atoms with E-state index >= 15 is 0 Å². The maximum absolute atomic E-state index is 11.8. The first-order chi connectivity index (χ1) is 9.56. The summed E-state index contributed by atoms with van der Waals surface area (Å²) >= 11 is 14.5. The fraction of sp³-hybridized carbons (Fsp3) is 0.167. The number of hydrogen-bond acceptors (Lipinski definition) is 5. The smallest absolute Gasteiger partial charge is 0.234 e. The van der Waals surface area contributed by atoms with Gasteiger partial charge in [0.15, 0.2) is 5.75 Å². The van der Waals surface area contributed by atoms with Crippen LogP contribution in [0.3, 0.4) is 0 Å². The number of phenolic OH excluding ortho intramolecular Hbond substituents is 1. The van der Waals surface area contributed by atoms with Crippen LogP contribution in [0.25, 0.3) is 0 Å². The minimum Gasteiger partial charge on any atom is -0.505 e. The van der Waals surface area contributed by atoms with Crippen LogP contribution in [-0.4, -0.2) is 21.8 Å². The lowest BCUT2D eigenvalue weighted by Gasteiger charge is -2.07. The molecule has 2 rings (SSSR count). The van der Waals surface area contributed by atoms with Crippen LogP contribution in [0.5, 0.6) is 5.75 Å². The fourth-order valence-corrected chi connectivity index (χ4v) is 3.27. The summed E-state index contributed by atoms with van der Waals surface area (Å²) in [5.74, 6) is 0.633. The number of hydrogen-bond donors (Lipinski definition) is 2. The standard InChI is InChI=1S/C12H10Cl2N2O2S2/c13-9-1-7(2-10(14)12(9)18)16-11(17)5-19-3-8-4-20-6-15-8/h1-2,4,6,18H,3,5H2,(H,16,17). The lowest BCUT2D eigenvalue weighted by Crippen LogP contribution is -2.14. The molecule has 0 saturated heterocycles. The van der Waals surface area contributed by atoms with Crippen molar-refractivity contribution < 1.29 is 9.90 Å². The first kappa shape index (κ1) is 15.4. The third kappa shape index (κ3) is 4.28. The zero-order valence-corrected chi connectivity index (χ0v) is 13.2. The first-order valence-electron chi connectivity index (χ1n) is 5.49. The third-order valence-electron chi connectivity index (χ3n) is 2.27. The zero-order chi connectivity index (χ0) is 14.5. The Morgan fingerprint density at radius 3 is 2.70 bits per heavy atom. The number of aromatic nitrogens is 1. The van der Waals surface area contributed by atoms with Gasteiger partial charge in [0.1, 0.15) is 0 Å². The van der Waals surface area contributed by atoms with Gasteiger partial charge in [-0.05, 0) is 12.1 Å². The number of halogens is 2. The van der Waals surface area contributed by atoms with Gasteiger partial charge in [0, 0.05) is 16.8 Å². The molecule has 1 aromatic carbocycles. The molecule has 0 aliphatic carbocycles. The minimum absolute atomic E-state index is 0.0999. The molecule has 0 saturated carbocycles. The minimum atomic E-state index is -0.191. The van der Waals surface area contributed by atoms with Crippen molar-refractivity contribution in [2.45, 2.75) is 5.75 Å². The molecular formula is C12H10Cl2N2O2S2. The number of phenols is 1. The van der Waals surface area contributed by atoms with Crippen molar-refractivity contribution in [3.63, 3.8) is 0 Å². The lowest BCUT2D eigenvalue weighted by atomic mass is 10.3. The number of benzene rings is 1. The van der Waals surface area contributed by atoms with E-state index in [-0.39, 0.29) is 21.7 Å². The van der Waals surface area contributed by atoms with Gasteiger partial charge in [-0.25, -0.2) is 4.98 Å². The number of carbonyl (C=O) groups excluding carboxylic acids is 1. The summed E-state index contributed by atoms with van der Waals surface area (Å²) in [6.45, 7) is 0. The van der Waals surface area contributed by atoms with E-state index < -0.39 is 0 Å². The highest BCUT2D eigenvalue weighted by molar-refractivity contribution is 7.99. The SMILES string of the molecule is O=C(CSCc1cscn1)Nc1cc(Cl)c(O)c(Cl)c1. The lowest BCUT2D eigenvalue weighted by molar-refractivity contribution is -0.113. The van der Waals surface area contributed by atoms with Crippen molar-refractivity contribution in [2.75, 3.05) is 11.1 Å². The largest absolute Gasteiger partial charge is 0.505 e. The molecule has 0 aliphatic heterocycles. The number of aromatic hydroxyl groups is 1. The van der Waals surface area contributed by atoms with Gasteiger partial charge >= 0.3 is 0 Å². The van der Waals surface area contributed by atoms with Gasteiger partial charge < -0.3 is 10.4 Å². The van der Waals surface area contributed by atoms with Crippen molar-refractivity contribution in [3.8, 4) is 5.75 Å². The van der Waals surface area contributed by atoms with Gasteiger partial charge in [-0.2, -0.15) is 0 Å². The number of thioether (sulfide) groups is 1. The molecule has 20 heavy (non-hydrogen) atoms. The molecule has 1 aromatic heterocycles. The molecule has 2 N–H and O–H groups in total. The Morgan fingerprint density at radius 1 is 1.40 bits per heavy atom. The summed E-state index contributed by atoms with van der Waals surface area (Å²) in [5, 5.41) is 14.2. The quantitative estimate of drug-likeness (QED) is 0.800. The van der Waals surface area contributed by atoms with Crippen molar-refractivity contribution >= 4 is 57.9 Å². The van der Waals surface area contributed by atoms with Crippen molar-refractivity contribution in [2.24, 2.45) is 0 Å². The highest BCUT2D eigenvalue weighted by Gasteiger charge is 2.09. The first-order valence-corrected chi connectivity index (χ1v) is 8.34. The number of carbonyl (C=O) groups is 1. The average molecular weight is 349 g/mol. The topological polar surface area (TPSA) is 62.2 Å². The summed E-state index contributed by atoms with van der Waals surface area (Å²) in [5.41, 5.74) is 3.18. The Labute approximate surface area is 134 Å². The number of nitrogens with one attached hydrogen (secondary N) is 1. The molecule has 2 aromatic rings. The van der Waals surface area contributed by atoms with Gasteiger partial charge in [0.25, 0.3) is 0 Å². The maximum Gasteiger partial charge on any atom is 0.234 e. The van der Waals surface area contributed by atoms with Crippen molar-refractivity contribution in [3.05, 3.63) is 38.8 Å². The van der Waals surface area contributed by atoms with Crippen LogP contribution in [0.4, 0.5) is 5.69 Å². The summed E-state index contributed by atoms with van der Waals surface area (Å²) < 4.78 is 0. The van der Waals surface area contributed by atoms with Crippen LogP contribution in [0.2, 0.25) is 10.0 Å². The van der Waals surface area contributed by atoms with E-state index in [0.717, 1.165) is 5.69 Å². The molecule has 0 spiro atoms. The van der Waals surface area contributed by atoms with E-state index in [4.69, 9.17) is 23.2 Å². The van der Waals surface area contributed by atoms with Crippen LogP contribution >= 0.6 is 46.3 Å². The van der Waals surface area contributed by atoms with Gasteiger partial charge in [-0.1, -0.05) is 23.2 Å². The molecule has 0 aliphatic rings. The van der Waals surface area contributed by atoms with E-state index in [1.807, 2.05) is 5.38 Å². The second kappa shape index (κ2) is 7.17. The van der Waals surface area contributed by atoms with Gasteiger partial charge in [0.2, 0.25) is 5.91 Å². The van der Waals surface area contributed by atoms with Gasteiger partial charge in [0.05, 0.1) is 27.0 Å². The Morgan fingerprint density at radius 2 is 2.10 bits per heavy atom. The molecule has 0 radical (unpaired) electrons.